The molecule has 1 atom stereocenters. The predicted molar refractivity (Wildman–Crippen MR) is 33.7 cm³/mol. The molecular weight excluding hydrogens is 140 g/mol. The van der Waals surface area contributed by atoms with E-state index in [9.17, 15) is 8.42 Å². The van der Waals surface area contributed by atoms with Crippen LogP contribution in [0, 0.1) is 5.92 Å². The fraction of sp³-hybridized carbons (Fsp3) is 1.00. The summed E-state index contributed by atoms with van der Waals surface area (Å²) in [6.07, 6.45) is 1.89. The zero-order valence-electron chi connectivity index (χ0n) is 5.24. The molecule has 0 aromatic carbocycles. The highest BCUT2D eigenvalue weighted by Gasteiger charge is 2.35. The van der Waals surface area contributed by atoms with Crippen molar-refractivity contribution < 1.29 is 13.0 Å². The maximum absolute atomic E-state index is 10.4. The fourth-order valence-corrected chi connectivity index (χ4v) is 1.57. The molecule has 1 rings (SSSR count). The average Bonchev–Trinajstić information content (AvgIpc) is 2.40. The Labute approximate surface area is 54.8 Å². The van der Waals surface area contributed by atoms with E-state index in [1.54, 1.807) is 6.92 Å². The molecule has 4 heteroatoms. The predicted octanol–water partition coefficient (Wildman–Crippen LogP) is 0.673. The maximum atomic E-state index is 10.4. The number of hydrogen-bond donors (Lipinski definition) is 1. The van der Waals surface area contributed by atoms with E-state index in [0.717, 1.165) is 12.8 Å². The topological polar surface area (TPSA) is 54.4 Å². The van der Waals surface area contributed by atoms with Gasteiger partial charge in [-0.1, -0.05) is 0 Å². The SMILES string of the molecule is CC(C1CC1)S(=O)(=O)O. The van der Waals surface area contributed by atoms with Crippen LogP contribution in [0.3, 0.4) is 0 Å². The van der Waals surface area contributed by atoms with Crippen molar-refractivity contribution in [2.45, 2.75) is 25.0 Å². The first-order chi connectivity index (χ1) is 4.02. The van der Waals surface area contributed by atoms with Crippen LogP contribution in [0.2, 0.25) is 0 Å². The number of hydrogen-bond acceptors (Lipinski definition) is 2. The molecule has 0 aliphatic heterocycles. The van der Waals surface area contributed by atoms with Crippen LogP contribution in [0.25, 0.3) is 0 Å². The zero-order valence-corrected chi connectivity index (χ0v) is 6.06. The van der Waals surface area contributed by atoms with E-state index in [0.29, 0.717) is 0 Å². The molecule has 54 valence electrons. The van der Waals surface area contributed by atoms with Gasteiger partial charge in [-0.25, -0.2) is 0 Å². The fourth-order valence-electron chi connectivity index (χ4n) is 0.809. The molecular formula is C5H10O3S. The van der Waals surface area contributed by atoms with Gasteiger partial charge in [-0.15, -0.1) is 0 Å². The van der Waals surface area contributed by atoms with Gasteiger partial charge in [0.2, 0.25) is 0 Å². The Kier molecular flexibility index (Phi) is 1.52. The second kappa shape index (κ2) is 1.95. The summed E-state index contributed by atoms with van der Waals surface area (Å²) in [5.41, 5.74) is 0. The molecule has 9 heavy (non-hydrogen) atoms. The van der Waals surface area contributed by atoms with Gasteiger partial charge in [0.15, 0.2) is 0 Å². The zero-order chi connectivity index (χ0) is 7.07. The summed E-state index contributed by atoms with van der Waals surface area (Å²) in [5.74, 6) is 0.222. The second-order valence-electron chi connectivity index (χ2n) is 2.56. The van der Waals surface area contributed by atoms with E-state index in [1.165, 1.54) is 0 Å². The van der Waals surface area contributed by atoms with Gasteiger partial charge in [-0.05, 0) is 25.7 Å². The van der Waals surface area contributed by atoms with E-state index >= 15 is 0 Å². The Bertz CT molecular complexity index is 190. The summed E-state index contributed by atoms with van der Waals surface area (Å²) < 4.78 is 29.2. The van der Waals surface area contributed by atoms with Crippen molar-refractivity contribution in [3.05, 3.63) is 0 Å². The molecule has 0 saturated heterocycles. The van der Waals surface area contributed by atoms with E-state index in [-0.39, 0.29) is 5.92 Å². The molecule has 0 heterocycles. The highest BCUT2D eigenvalue weighted by Crippen LogP contribution is 2.35. The molecule has 0 bridgehead atoms. The van der Waals surface area contributed by atoms with Gasteiger partial charge in [0, 0.05) is 0 Å². The third-order valence-corrected chi connectivity index (χ3v) is 3.08. The molecule has 0 spiro atoms. The summed E-state index contributed by atoms with van der Waals surface area (Å²) in [6.45, 7) is 1.55. The molecule has 1 aliphatic carbocycles. The van der Waals surface area contributed by atoms with Gasteiger partial charge < -0.3 is 0 Å². The third-order valence-electron chi connectivity index (χ3n) is 1.76. The minimum absolute atomic E-state index is 0.222. The molecule has 1 unspecified atom stereocenters. The van der Waals surface area contributed by atoms with Crippen molar-refractivity contribution in [1.82, 2.24) is 0 Å². The first-order valence-electron chi connectivity index (χ1n) is 2.98. The lowest BCUT2D eigenvalue weighted by Gasteiger charge is -2.02. The van der Waals surface area contributed by atoms with Gasteiger partial charge in [0.25, 0.3) is 10.1 Å². The molecule has 0 radical (unpaired) electrons. The minimum atomic E-state index is -3.74. The quantitative estimate of drug-likeness (QED) is 0.589. The van der Waals surface area contributed by atoms with Gasteiger partial charge in [0.05, 0.1) is 5.25 Å². The van der Waals surface area contributed by atoms with Gasteiger partial charge in [-0.3, -0.25) is 4.55 Å². The summed E-state index contributed by atoms with van der Waals surface area (Å²) in [4.78, 5) is 0. The molecule has 3 nitrogen and oxygen atoms in total. The van der Waals surface area contributed by atoms with Crippen LogP contribution in [-0.2, 0) is 10.1 Å². The van der Waals surface area contributed by atoms with Crippen LogP contribution in [0.15, 0.2) is 0 Å². The molecule has 1 fully saturated rings. The van der Waals surface area contributed by atoms with Crippen LogP contribution in [-0.4, -0.2) is 18.2 Å². The number of rotatable bonds is 2. The highest BCUT2D eigenvalue weighted by atomic mass is 32.2. The molecule has 1 aliphatic rings. The summed E-state index contributed by atoms with van der Waals surface area (Å²) in [5, 5.41) is -0.544. The van der Waals surface area contributed by atoms with Crippen molar-refractivity contribution in [2.24, 2.45) is 5.92 Å². The second-order valence-corrected chi connectivity index (χ2v) is 4.33. The molecule has 1 saturated carbocycles. The monoisotopic (exact) mass is 150 g/mol. The summed E-state index contributed by atoms with van der Waals surface area (Å²) >= 11 is 0. The van der Waals surface area contributed by atoms with E-state index in [1.807, 2.05) is 0 Å². The van der Waals surface area contributed by atoms with Crippen molar-refractivity contribution in [3.63, 3.8) is 0 Å². The van der Waals surface area contributed by atoms with Crippen LogP contribution in [0.4, 0.5) is 0 Å². The standard InChI is InChI=1S/C5H10O3S/c1-4(5-2-3-5)9(6,7)8/h4-5H,2-3H2,1H3,(H,6,7,8). The van der Waals surface area contributed by atoms with Gasteiger partial charge >= 0.3 is 0 Å². The molecule has 1 N–H and O–H groups in total. The van der Waals surface area contributed by atoms with Crippen LogP contribution in [0.1, 0.15) is 19.8 Å². The molecule has 0 amide bonds. The third kappa shape index (κ3) is 1.66. The van der Waals surface area contributed by atoms with Crippen molar-refractivity contribution >= 4 is 10.1 Å². The van der Waals surface area contributed by atoms with E-state index in [4.69, 9.17) is 4.55 Å². The lowest BCUT2D eigenvalue weighted by molar-refractivity contribution is 0.463. The maximum Gasteiger partial charge on any atom is 0.267 e. The normalized spacial score (nSPS) is 23.8. The first kappa shape index (κ1) is 7.02. The van der Waals surface area contributed by atoms with Gasteiger partial charge in [0.1, 0.15) is 0 Å². The minimum Gasteiger partial charge on any atom is -0.285 e. The van der Waals surface area contributed by atoms with E-state index < -0.39 is 15.4 Å². The summed E-state index contributed by atoms with van der Waals surface area (Å²) in [6, 6.07) is 0. The lowest BCUT2D eigenvalue weighted by Crippen LogP contribution is -2.18. The smallest absolute Gasteiger partial charge is 0.267 e. The first-order valence-corrected chi connectivity index (χ1v) is 4.48. The molecule has 0 aromatic rings. The Balaban J connectivity index is 2.61. The van der Waals surface area contributed by atoms with Crippen molar-refractivity contribution in [2.75, 3.05) is 0 Å². The van der Waals surface area contributed by atoms with Crippen molar-refractivity contribution in [1.29, 1.82) is 0 Å². The Morgan fingerprint density at radius 2 is 2.00 bits per heavy atom. The highest BCUT2D eigenvalue weighted by molar-refractivity contribution is 7.86. The largest absolute Gasteiger partial charge is 0.285 e. The van der Waals surface area contributed by atoms with Crippen LogP contribution in [0.5, 0.6) is 0 Å². The lowest BCUT2D eigenvalue weighted by atomic mass is 10.3. The van der Waals surface area contributed by atoms with Crippen LogP contribution < -0.4 is 0 Å². The van der Waals surface area contributed by atoms with Gasteiger partial charge in [-0.2, -0.15) is 8.42 Å². The Hall–Kier alpha value is -0.0900. The Morgan fingerprint density at radius 3 is 2.11 bits per heavy atom. The van der Waals surface area contributed by atoms with Crippen LogP contribution >= 0.6 is 0 Å². The van der Waals surface area contributed by atoms with Crippen molar-refractivity contribution in [3.8, 4) is 0 Å². The Morgan fingerprint density at radius 1 is 1.56 bits per heavy atom. The summed E-state index contributed by atoms with van der Waals surface area (Å²) in [7, 11) is -3.74. The average molecular weight is 150 g/mol. The molecule has 0 aromatic heterocycles. The van der Waals surface area contributed by atoms with E-state index in [2.05, 4.69) is 0 Å².